The number of piperidine rings is 1. The van der Waals surface area contributed by atoms with Crippen LogP contribution in [0.1, 0.15) is 48.4 Å². The van der Waals surface area contributed by atoms with E-state index in [1.807, 2.05) is 12.1 Å². The molecule has 0 radical (unpaired) electrons. The van der Waals surface area contributed by atoms with Gasteiger partial charge < -0.3 is 15.2 Å². The number of fused-ring (bicyclic) bond motifs is 3. The smallest absolute Gasteiger partial charge is 0.259 e. The number of aromatic nitrogens is 2. The molecule has 1 saturated heterocycles. The highest BCUT2D eigenvalue weighted by molar-refractivity contribution is 7.98. The predicted octanol–water partition coefficient (Wildman–Crippen LogP) is 4.73. The molecule has 2 aliphatic rings. The number of rotatable bonds is 7. The van der Waals surface area contributed by atoms with Crippen molar-refractivity contribution in [3.63, 3.8) is 0 Å². The number of thiophene rings is 1. The van der Waals surface area contributed by atoms with Crippen LogP contribution in [0.3, 0.4) is 0 Å². The third kappa shape index (κ3) is 4.71. The number of aryl methyl sites for hydroxylation is 2. The number of benzene rings is 1. The number of H-pyrrole nitrogens is 1. The summed E-state index contributed by atoms with van der Waals surface area (Å²) in [5, 5.41) is 3.78. The summed E-state index contributed by atoms with van der Waals surface area (Å²) in [5.74, 6) is 1.99. The molecule has 3 aromatic rings. The zero-order valence-electron chi connectivity index (χ0n) is 18.1. The number of nitrogens with zero attached hydrogens (tertiary/aromatic N) is 2. The number of aromatic amines is 1. The topological polar surface area (TPSA) is 78.1 Å². The average molecular weight is 469 g/mol. The Morgan fingerprint density at radius 2 is 1.94 bits per heavy atom. The van der Waals surface area contributed by atoms with E-state index in [1.165, 1.54) is 35.4 Å². The molecule has 1 amide bonds. The van der Waals surface area contributed by atoms with Gasteiger partial charge in [-0.2, -0.15) is 11.8 Å². The number of hydrogen-bond acceptors (Lipinski definition) is 6. The summed E-state index contributed by atoms with van der Waals surface area (Å²) in [6, 6.07) is 8.15. The van der Waals surface area contributed by atoms with E-state index in [4.69, 9.17) is 0 Å². The minimum Gasteiger partial charge on any atom is -0.372 e. The average Bonchev–Trinajstić information content (AvgIpc) is 3.39. The molecule has 168 valence electrons. The first-order chi connectivity index (χ1) is 15.7. The summed E-state index contributed by atoms with van der Waals surface area (Å²) in [6.45, 7) is 2.23. The van der Waals surface area contributed by atoms with Gasteiger partial charge in [0.25, 0.3) is 5.56 Å². The first-order valence-electron chi connectivity index (χ1n) is 11.4. The van der Waals surface area contributed by atoms with Crippen molar-refractivity contribution >= 4 is 50.6 Å². The second-order valence-corrected chi connectivity index (χ2v) is 10.7. The van der Waals surface area contributed by atoms with Crippen LogP contribution in [-0.4, -0.2) is 34.7 Å². The minimum atomic E-state index is -0.0178. The van der Waals surface area contributed by atoms with Gasteiger partial charge in [-0.1, -0.05) is 0 Å². The number of nitrogens with one attached hydrogen (secondary N) is 2. The molecule has 6 nitrogen and oxygen atoms in total. The maximum absolute atomic E-state index is 12.5. The normalized spacial score (nSPS) is 15.8. The van der Waals surface area contributed by atoms with Gasteiger partial charge in [0.1, 0.15) is 10.7 Å². The number of hydrogen-bond donors (Lipinski definition) is 2. The monoisotopic (exact) mass is 468 g/mol. The lowest BCUT2D eigenvalue weighted by Gasteiger charge is -2.28. The van der Waals surface area contributed by atoms with Gasteiger partial charge in [0.05, 0.1) is 11.1 Å². The maximum atomic E-state index is 12.5. The van der Waals surface area contributed by atoms with E-state index in [2.05, 4.69) is 32.3 Å². The van der Waals surface area contributed by atoms with Crippen LogP contribution in [-0.2, 0) is 23.4 Å². The molecule has 1 fully saturated rings. The largest absolute Gasteiger partial charge is 0.372 e. The predicted molar refractivity (Wildman–Crippen MR) is 134 cm³/mol. The van der Waals surface area contributed by atoms with E-state index in [-0.39, 0.29) is 11.5 Å². The SMILES string of the molecule is O=C(CCSCc1nc2sc3c(c2c(=O)[nH]1)CCC3)Nc1ccc(N2CCCCC2)cc1. The Balaban J connectivity index is 1.09. The van der Waals surface area contributed by atoms with Crippen molar-refractivity contribution in [2.45, 2.75) is 50.7 Å². The second-order valence-electron chi connectivity index (χ2n) is 8.50. The summed E-state index contributed by atoms with van der Waals surface area (Å²) < 4.78 is 0. The van der Waals surface area contributed by atoms with E-state index in [0.717, 1.165) is 48.3 Å². The van der Waals surface area contributed by atoms with Gasteiger partial charge in [-0.3, -0.25) is 9.59 Å². The summed E-state index contributed by atoms with van der Waals surface area (Å²) >= 11 is 3.28. The van der Waals surface area contributed by atoms with Crippen molar-refractivity contribution in [3.8, 4) is 0 Å². The molecular weight excluding hydrogens is 440 g/mol. The van der Waals surface area contributed by atoms with Gasteiger partial charge >= 0.3 is 0 Å². The highest BCUT2D eigenvalue weighted by Gasteiger charge is 2.21. The van der Waals surface area contributed by atoms with E-state index in [9.17, 15) is 9.59 Å². The Morgan fingerprint density at radius 3 is 2.75 bits per heavy atom. The molecule has 1 aromatic carbocycles. The Hall–Kier alpha value is -2.32. The number of carbonyl (C=O) groups is 1. The fourth-order valence-corrected chi connectivity index (χ4v) is 6.67. The molecular formula is C24H28N4O2S2. The van der Waals surface area contributed by atoms with Crippen molar-refractivity contribution in [1.82, 2.24) is 9.97 Å². The zero-order valence-corrected chi connectivity index (χ0v) is 19.7. The van der Waals surface area contributed by atoms with Gasteiger partial charge in [-0.25, -0.2) is 4.98 Å². The van der Waals surface area contributed by atoms with Gasteiger partial charge in [-0.05, 0) is 68.4 Å². The van der Waals surface area contributed by atoms with Crippen LogP contribution in [0.5, 0.6) is 0 Å². The standard InChI is InChI=1S/C24H28N4O2S2/c29-21(25-16-7-9-17(10-8-16)28-12-2-1-3-13-28)11-14-31-15-20-26-23(30)22-18-5-4-6-19(18)32-24(22)27-20/h7-10H,1-6,11-15H2,(H,25,29)(H,26,27,30). The third-order valence-electron chi connectivity index (χ3n) is 6.21. The van der Waals surface area contributed by atoms with Crippen LogP contribution in [0.4, 0.5) is 11.4 Å². The van der Waals surface area contributed by atoms with E-state index in [1.54, 1.807) is 23.1 Å². The van der Waals surface area contributed by atoms with Gasteiger partial charge in [0.2, 0.25) is 5.91 Å². The number of thioether (sulfide) groups is 1. The Bertz CT molecular complexity index is 1160. The van der Waals surface area contributed by atoms with Crippen molar-refractivity contribution < 1.29 is 4.79 Å². The molecule has 0 spiro atoms. The Labute approximate surface area is 195 Å². The van der Waals surface area contributed by atoms with Gasteiger partial charge in [0.15, 0.2) is 0 Å². The van der Waals surface area contributed by atoms with Gasteiger partial charge in [0, 0.05) is 41.5 Å². The molecule has 3 heterocycles. The van der Waals surface area contributed by atoms with Crippen molar-refractivity contribution in [3.05, 3.63) is 50.9 Å². The summed E-state index contributed by atoms with van der Waals surface area (Å²) in [5.41, 5.74) is 3.25. The summed E-state index contributed by atoms with van der Waals surface area (Å²) in [7, 11) is 0. The van der Waals surface area contributed by atoms with Crippen LogP contribution < -0.4 is 15.8 Å². The molecule has 1 aliphatic heterocycles. The highest BCUT2D eigenvalue weighted by Crippen LogP contribution is 2.34. The van der Waals surface area contributed by atoms with E-state index >= 15 is 0 Å². The molecule has 0 atom stereocenters. The Kier molecular flexibility index (Phi) is 6.50. The van der Waals surface area contributed by atoms with Crippen molar-refractivity contribution in [2.24, 2.45) is 0 Å². The molecule has 8 heteroatoms. The third-order valence-corrected chi connectivity index (χ3v) is 8.36. The van der Waals surface area contributed by atoms with Crippen LogP contribution in [0.25, 0.3) is 10.2 Å². The first kappa shape index (κ1) is 21.5. The van der Waals surface area contributed by atoms with E-state index < -0.39 is 0 Å². The molecule has 1 aliphatic carbocycles. The lowest BCUT2D eigenvalue weighted by Crippen LogP contribution is -2.29. The Morgan fingerprint density at radius 1 is 1.12 bits per heavy atom. The lowest BCUT2D eigenvalue weighted by atomic mass is 10.1. The molecule has 0 unspecified atom stereocenters. The summed E-state index contributed by atoms with van der Waals surface area (Å²) in [4.78, 5) is 37.0. The van der Waals surface area contributed by atoms with Crippen molar-refractivity contribution in [1.29, 1.82) is 0 Å². The van der Waals surface area contributed by atoms with Crippen LogP contribution >= 0.6 is 23.1 Å². The minimum absolute atomic E-state index is 0.00908. The fraction of sp³-hybridized carbons (Fsp3) is 0.458. The van der Waals surface area contributed by atoms with Gasteiger partial charge in [-0.15, -0.1) is 11.3 Å². The van der Waals surface area contributed by atoms with E-state index in [0.29, 0.717) is 23.8 Å². The molecule has 32 heavy (non-hydrogen) atoms. The zero-order chi connectivity index (χ0) is 21.9. The molecule has 0 bridgehead atoms. The molecule has 0 saturated carbocycles. The molecule has 2 N–H and O–H groups in total. The number of anilines is 2. The maximum Gasteiger partial charge on any atom is 0.259 e. The number of amides is 1. The molecule has 2 aromatic heterocycles. The lowest BCUT2D eigenvalue weighted by molar-refractivity contribution is -0.115. The highest BCUT2D eigenvalue weighted by atomic mass is 32.2. The molecule has 5 rings (SSSR count). The summed E-state index contributed by atoms with van der Waals surface area (Å²) in [6.07, 6.45) is 7.45. The number of carbonyl (C=O) groups excluding carboxylic acids is 1. The van der Waals surface area contributed by atoms with Crippen molar-refractivity contribution in [2.75, 3.05) is 29.1 Å². The fourth-order valence-electron chi connectivity index (χ4n) is 4.58. The van der Waals surface area contributed by atoms with Crippen LogP contribution in [0.15, 0.2) is 29.1 Å². The van der Waals surface area contributed by atoms with Crippen LogP contribution in [0.2, 0.25) is 0 Å². The first-order valence-corrected chi connectivity index (χ1v) is 13.4. The second kappa shape index (κ2) is 9.67. The quantitative estimate of drug-likeness (QED) is 0.491. The van der Waals surface area contributed by atoms with Crippen LogP contribution in [0, 0.1) is 0 Å².